The summed E-state index contributed by atoms with van der Waals surface area (Å²) < 4.78 is 13.2. The molecule has 0 aromatic heterocycles. The molecule has 2 aromatic rings. The van der Waals surface area contributed by atoms with Gasteiger partial charge in [0.15, 0.2) is 11.6 Å². The Balaban J connectivity index is 2.77. The van der Waals surface area contributed by atoms with Gasteiger partial charge in [0, 0.05) is 11.6 Å². The van der Waals surface area contributed by atoms with Gasteiger partial charge in [-0.1, -0.05) is 6.07 Å². The van der Waals surface area contributed by atoms with Crippen molar-refractivity contribution in [2.45, 2.75) is 0 Å². The fourth-order valence-electron chi connectivity index (χ4n) is 1.58. The monoisotopic (exact) mass is 236 g/mol. The maximum atomic E-state index is 13.2. The highest BCUT2D eigenvalue weighted by Gasteiger charge is 2.17. The molecule has 2 rings (SSSR count). The SMILES string of the molecule is Oc1cc(F)c(O)c(-c2c(O)cccc2O)c1. The van der Waals surface area contributed by atoms with Crippen LogP contribution in [0.15, 0.2) is 30.3 Å². The van der Waals surface area contributed by atoms with Crippen LogP contribution in [0.2, 0.25) is 0 Å². The first-order chi connectivity index (χ1) is 8.00. The molecule has 0 unspecified atom stereocenters. The maximum absolute atomic E-state index is 13.2. The number of benzene rings is 2. The van der Waals surface area contributed by atoms with Crippen molar-refractivity contribution in [1.29, 1.82) is 0 Å². The third kappa shape index (κ3) is 1.82. The van der Waals surface area contributed by atoms with E-state index in [9.17, 15) is 24.8 Å². The fourth-order valence-corrected chi connectivity index (χ4v) is 1.58. The van der Waals surface area contributed by atoms with Crippen molar-refractivity contribution >= 4 is 0 Å². The lowest BCUT2D eigenvalue weighted by Crippen LogP contribution is -1.85. The second kappa shape index (κ2) is 3.86. The van der Waals surface area contributed by atoms with Crippen LogP contribution in [-0.4, -0.2) is 20.4 Å². The van der Waals surface area contributed by atoms with Gasteiger partial charge in [-0.25, -0.2) is 4.39 Å². The van der Waals surface area contributed by atoms with E-state index in [4.69, 9.17) is 0 Å². The first-order valence-corrected chi connectivity index (χ1v) is 4.73. The molecule has 0 bridgehead atoms. The number of rotatable bonds is 1. The molecule has 4 nitrogen and oxygen atoms in total. The maximum Gasteiger partial charge on any atom is 0.169 e. The third-order valence-electron chi connectivity index (χ3n) is 2.34. The summed E-state index contributed by atoms with van der Waals surface area (Å²) in [6.07, 6.45) is 0. The highest BCUT2D eigenvalue weighted by Crippen LogP contribution is 2.43. The second-order valence-corrected chi connectivity index (χ2v) is 3.50. The van der Waals surface area contributed by atoms with Gasteiger partial charge in [0.05, 0.1) is 5.56 Å². The summed E-state index contributed by atoms with van der Waals surface area (Å²) in [5.74, 6) is -2.86. The van der Waals surface area contributed by atoms with Crippen molar-refractivity contribution in [3.8, 4) is 34.1 Å². The van der Waals surface area contributed by atoms with E-state index in [1.807, 2.05) is 0 Å². The van der Waals surface area contributed by atoms with Crippen LogP contribution < -0.4 is 0 Å². The third-order valence-corrected chi connectivity index (χ3v) is 2.34. The van der Waals surface area contributed by atoms with E-state index < -0.39 is 17.3 Å². The zero-order valence-electron chi connectivity index (χ0n) is 8.55. The molecule has 0 fully saturated rings. The van der Waals surface area contributed by atoms with Crippen LogP contribution in [0, 0.1) is 5.82 Å². The highest BCUT2D eigenvalue weighted by molar-refractivity contribution is 5.81. The lowest BCUT2D eigenvalue weighted by Gasteiger charge is -2.10. The number of hydrogen-bond donors (Lipinski definition) is 4. The Morgan fingerprint density at radius 1 is 0.882 bits per heavy atom. The smallest absolute Gasteiger partial charge is 0.169 e. The zero-order chi connectivity index (χ0) is 12.6. The van der Waals surface area contributed by atoms with E-state index in [0.29, 0.717) is 0 Å². The van der Waals surface area contributed by atoms with Gasteiger partial charge < -0.3 is 20.4 Å². The summed E-state index contributed by atoms with van der Waals surface area (Å²) in [5, 5.41) is 37.9. The molecule has 0 aliphatic heterocycles. The van der Waals surface area contributed by atoms with Crippen LogP contribution in [0.25, 0.3) is 11.1 Å². The molecule has 2 aromatic carbocycles. The first-order valence-electron chi connectivity index (χ1n) is 4.73. The van der Waals surface area contributed by atoms with Crippen molar-refractivity contribution in [3.63, 3.8) is 0 Å². The molecule has 0 aliphatic rings. The van der Waals surface area contributed by atoms with Crippen LogP contribution in [0.4, 0.5) is 4.39 Å². The largest absolute Gasteiger partial charge is 0.508 e. The Labute approximate surface area is 95.8 Å². The van der Waals surface area contributed by atoms with Gasteiger partial charge in [-0.05, 0) is 18.2 Å². The van der Waals surface area contributed by atoms with E-state index >= 15 is 0 Å². The molecule has 0 heterocycles. The number of phenols is 4. The van der Waals surface area contributed by atoms with E-state index in [-0.39, 0.29) is 22.6 Å². The van der Waals surface area contributed by atoms with Gasteiger partial charge in [-0.2, -0.15) is 0 Å². The Hall–Kier alpha value is -2.43. The molecule has 4 N–H and O–H groups in total. The van der Waals surface area contributed by atoms with E-state index in [2.05, 4.69) is 0 Å². The van der Waals surface area contributed by atoms with Gasteiger partial charge >= 0.3 is 0 Å². The van der Waals surface area contributed by atoms with Gasteiger partial charge in [0.2, 0.25) is 0 Å². The molecule has 88 valence electrons. The van der Waals surface area contributed by atoms with Gasteiger partial charge in [0.1, 0.15) is 17.2 Å². The number of aromatic hydroxyl groups is 4. The highest BCUT2D eigenvalue weighted by atomic mass is 19.1. The Kier molecular flexibility index (Phi) is 2.51. The van der Waals surface area contributed by atoms with Crippen LogP contribution in [0.3, 0.4) is 0 Å². The van der Waals surface area contributed by atoms with E-state index in [0.717, 1.165) is 12.1 Å². The molecular formula is C12H9FO4. The van der Waals surface area contributed by atoms with Crippen molar-refractivity contribution < 1.29 is 24.8 Å². The Morgan fingerprint density at radius 2 is 1.47 bits per heavy atom. The van der Waals surface area contributed by atoms with Crippen LogP contribution in [0.1, 0.15) is 0 Å². The lowest BCUT2D eigenvalue weighted by atomic mass is 10.0. The minimum absolute atomic E-state index is 0.139. The average molecular weight is 236 g/mol. The van der Waals surface area contributed by atoms with Crippen molar-refractivity contribution in [1.82, 2.24) is 0 Å². The molecule has 0 aliphatic carbocycles. The van der Waals surface area contributed by atoms with Gasteiger partial charge in [0.25, 0.3) is 0 Å². The number of hydrogen-bond acceptors (Lipinski definition) is 4. The van der Waals surface area contributed by atoms with Crippen LogP contribution in [0.5, 0.6) is 23.0 Å². The minimum atomic E-state index is -1.04. The predicted molar refractivity (Wildman–Crippen MR) is 58.5 cm³/mol. The molecule has 0 radical (unpaired) electrons. The molecular weight excluding hydrogens is 227 g/mol. The zero-order valence-corrected chi connectivity index (χ0v) is 8.55. The standard InChI is InChI=1S/C12H9FO4/c13-8-5-6(14)4-7(12(8)17)11-9(15)2-1-3-10(11)16/h1-5,14-17H. The summed E-state index contributed by atoms with van der Waals surface area (Å²) in [5.41, 5.74) is -0.321. The first kappa shape index (κ1) is 11.1. The predicted octanol–water partition coefficient (Wildman–Crippen LogP) is 2.32. The summed E-state index contributed by atoms with van der Waals surface area (Å²) in [6, 6.07) is 5.72. The molecule has 0 atom stereocenters. The van der Waals surface area contributed by atoms with Gasteiger partial charge in [-0.3, -0.25) is 0 Å². The normalized spacial score (nSPS) is 10.4. The summed E-state index contributed by atoms with van der Waals surface area (Å²) in [4.78, 5) is 0. The lowest BCUT2D eigenvalue weighted by molar-refractivity contribution is 0.420. The van der Waals surface area contributed by atoms with Gasteiger partial charge in [-0.15, -0.1) is 0 Å². The summed E-state index contributed by atoms with van der Waals surface area (Å²) in [7, 11) is 0. The molecule has 17 heavy (non-hydrogen) atoms. The van der Waals surface area contributed by atoms with Crippen LogP contribution >= 0.6 is 0 Å². The summed E-state index contributed by atoms with van der Waals surface area (Å²) in [6.45, 7) is 0. The Bertz CT molecular complexity index is 561. The number of phenolic OH excluding ortho intramolecular Hbond substituents is 4. The minimum Gasteiger partial charge on any atom is -0.508 e. The van der Waals surface area contributed by atoms with Crippen molar-refractivity contribution in [2.24, 2.45) is 0 Å². The topological polar surface area (TPSA) is 80.9 Å². The molecule has 0 saturated carbocycles. The second-order valence-electron chi connectivity index (χ2n) is 3.50. The molecule has 0 saturated heterocycles. The summed E-state index contributed by atoms with van der Waals surface area (Å²) >= 11 is 0. The average Bonchev–Trinajstić information content (AvgIpc) is 2.24. The van der Waals surface area contributed by atoms with Crippen LogP contribution in [-0.2, 0) is 0 Å². The van der Waals surface area contributed by atoms with E-state index in [1.54, 1.807) is 0 Å². The quantitative estimate of drug-likeness (QED) is 0.573. The van der Waals surface area contributed by atoms with Crippen molar-refractivity contribution in [2.75, 3.05) is 0 Å². The molecule has 5 heteroatoms. The molecule has 0 amide bonds. The Morgan fingerprint density at radius 3 is 2.06 bits per heavy atom. The number of halogens is 1. The fraction of sp³-hybridized carbons (Fsp3) is 0. The van der Waals surface area contributed by atoms with Crippen molar-refractivity contribution in [3.05, 3.63) is 36.1 Å². The molecule has 0 spiro atoms. The van der Waals surface area contributed by atoms with E-state index in [1.165, 1.54) is 18.2 Å².